The van der Waals surface area contributed by atoms with E-state index < -0.39 is 0 Å². The number of terminal acetylenes is 1. The number of piperidine rings is 1. The quantitative estimate of drug-likeness (QED) is 0.821. The van der Waals surface area contributed by atoms with Gasteiger partial charge in [0.05, 0.1) is 25.0 Å². The Labute approximate surface area is 115 Å². The van der Waals surface area contributed by atoms with Crippen LogP contribution in [0.4, 0.5) is 5.69 Å². The fourth-order valence-electron chi connectivity index (χ4n) is 2.30. The molecule has 1 aliphatic rings. The average molecular weight is 259 g/mol. The summed E-state index contributed by atoms with van der Waals surface area (Å²) in [4.78, 5) is 6.57. The molecule has 4 heteroatoms. The summed E-state index contributed by atoms with van der Waals surface area (Å²) in [7, 11) is 0. The summed E-state index contributed by atoms with van der Waals surface area (Å²) in [6.07, 6.45) is 9.40. The minimum absolute atomic E-state index is 0.508. The smallest absolute Gasteiger partial charge is 0.213 e. The van der Waals surface area contributed by atoms with Crippen LogP contribution in [0.15, 0.2) is 18.3 Å². The van der Waals surface area contributed by atoms with Crippen molar-refractivity contribution in [3.8, 4) is 18.2 Å². The lowest BCUT2D eigenvalue weighted by Crippen LogP contribution is -2.39. The Hall–Kier alpha value is -1.73. The largest absolute Gasteiger partial charge is 0.478 e. The van der Waals surface area contributed by atoms with Crippen molar-refractivity contribution in [1.29, 1.82) is 0 Å². The standard InChI is InChI=1S/C15H21N3O/c1-3-9-18-10-7-13(8-11-18)17-14-5-6-15(16-12-14)19-4-2/h1,5-6,12-13,17H,4,7-11H2,2H3. The molecule has 1 aromatic heterocycles. The van der Waals surface area contributed by atoms with Crippen molar-refractivity contribution in [2.24, 2.45) is 0 Å². The summed E-state index contributed by atoms with van der Waals surface area (Å²) >= 11 is 0. The highest BCUT2D eigenvalue weighted by molar-refractivity contribution is 5.43. The van der Waals surface area contributed by atoms with Crippen molar-refractivity contribution in [3.05, 3.63) is 18.3 Å². The van der Waals surface area contributed by atoms with E-state index in [0.29, 0.717) is 18.5 Å². The van der Waals surface area contributed by atoms with E-state index >= 15 is 0 Å². The Balaban J connectivity index is 1.80. The van der Waals surface area contributed by atoms with Gasteiger partial charge < -0.3 is 10.1 Å². The molecule has 0 saturated carbocycles. The Morgan fingerprint density at radius 2 is 2.26 bits per heavy atom. The summed E-state index contributed by atoms with van der Waals surface area (Å²) in [5, 5.41) is 3.52. The number of nitrogens with zero attached hydrogens (tertiary/aromatic N) is 2. The van der Waals surface area contributed by atoms with Crippen LogP contribution in [0.3, 0.4) is 0 Å². The SMILES string of the molecule is C#CCN1CCC(Nc2ccc(OCC)nc2)CC1. The maximum absolute atomic E-state index is 5.33. The number of ether oxygens (including phenoxy) is 1. The zero-order chi connectivity index (χ0) is 13.5. The molecule has 0 atom stereocenters. The van der Waals surface area contributed by atoms with Gasteiger partial charge in [-0.1, -0.05) is 5.92 Å². The van der Waals surface area contributed by atoms with Crippen LogP contribution >= 0.6 is 0 Å². The molecule has 0 aliphatic carbocycles. The van der Waals surface area contributed by atoms with Crippen molar-refractivity contribution in [2.45, 2.75) is 25.8 Å². The summed E-state index contributed by atoms with van der Waals surface area (Å²) < 4.78 is 5.33. The van der Waals surface area contributed by atoms with E-state index in [4.69, 9.17) is 11.2 Å². The number of pyridine rings is 1. The zero-order valence-corrected chi connectivity index (χ0v) is 11.4. The van der Waals surface area contributed by atoms with Crippen LogP contribution in [0.25, 0.3) is 0 Å². The second-order valence-electron chi connectivity index (χ2n) is 4.72. The molecule has 1 aliphatic heterocycles. The van der Waals surface area contributed by atoms with E-state index in [-0.39, 0.29) is 0 Å². The van der Waals surface area contributed by atoms with Gasteiger partial charge in [0.15, 0.2) is 0 Å². The Kier molecular flexibility index (Phi) is 5.05. The van der Waals surface area contributed by atoms with Crippen molar-refractivity contribution in [1.82, 2.24) is 9.88 Å². The van der Waals surface area contributed by atoms with Gasteiger partial charge in [-0.05, 0) is 25.8 Å². The molecule has 1 fully saturated rings. The fraction of sp³-hybridized carbons (Fsp3) is 0.533. The van der Waals surface area contributed by atoms with Crippen molar-refractivity contribution in [2.75, 3.05) is 31.6 Å². The molecule has 0 unspecified atom stereocenters. The van der Waals surface area contributed by atoms with Crippen LogP contribution in [-0.4, -0.2) is 42.2 Å². The number of aromatic nitrogens is 1. The van der Waals surface area contributed by atoms with Gasteiger partial charge in [0.2, 0.25) is 5.88 Å². The summed E-state index contributed by atoms with van der Waals surface area (Å²) in [5.74, 6) is 3.38. The predicted molar refractivity (Wildman–Crippen MR) is 77.3 cm³/mol. The highest BCUT2D eigenvalue weighted by atomic mass is 16.5. The minimum Gasteiger partial charge on any atom is -0.478 e. The van der Waals surface area contributed by atoms with E-state index in [1.807, 2.05) is 25.3 Å². The fourth-order valence-corrected chi connectivity index (χ4v) is 2.30. The first kappa shape index (κ1) is 13.7. The Morgan fingerprint density at radius 1 is 1.47 bits per heavy atom. The molecule has 0 bridgehead atoms. The number of likely N-dealkylation sites (tertiary alicyclic amines) is 1. The number of anilines is 1. The molecule has 0 radical (unpaired) electrons. The topological polar surface area (TPSA) is 37.4 Å². The lowest BCUT2D eigenvalue weighted by atomic mass is 10.0. The van der Waals surface area contributed by atoms with Crippen LogP contribution in [0, 0.1) is 12.3 Å². The molecule has 1 saturated heterocycles. The molecule has 2 rings (SSSR count). The summed E-state index contributed by atoms with van der Waals surface area (Å²) in [6, 6.07) is 4.43. The van der Waals surface area contributed by atoms with Gasteiger partial charge in [-0.15, -0.1) is 6.42 Å². The molecular formula is C15H21N3O. The molecule has 0 amide bonds. The van der Waals surface area contributed by atoms with Crippen LogP contribution in [-0.2, 0) is 0 Å². The van der Waals surface area contributed by atoms with E-state index in [2.05, 4.69) is 21.1 Å². The van der Waals surface area contributed by atoms with Gasteiger partial charge in [-0.25, -0.2) is 4.98 Å². The van der Waals surface area contributed by atoms with E-state index in [1.54, 1.807) is 0 Å². The monoisotopic (exact) mass is 259 g/mol. The second-order valence-corrected chi connectivity index (χ2v) is 4.72. The number of nitrogens with one attached hydrogen (secondary N) is 1. The molecule has 1 aromatic rings. The molecule has 1 N–H and O–H groups in total. The van der Waals surface area contributed by atoms with Crippen molar-refractivity contribution >= 4 is 5.69 Å². The maximum Gasteiger partial charge on any atom is 0.213 e. The van der Waals surface area contributed by atoms with E-state index in [1.165, 1.54) is 0 Å². The Bertz CT molecular complexity index is 416. The molecular weight excluding hydrogens is 238 g/mol. The summed E-state index contributed by atoms with van der Waals surface area (Å²) in [6.45, 7) is 5.49. The number of hydrogen-bond acceptors (Lipinski definition) is 4. The molecule has 0 aromatic carbocycles. The van der Waals surface area contributed by atoms with Crippen LogP contribution in [0.1, 0.15) is 19.8 Å². The van der Waals surface area contributed by atoms with Gasteiger partial charge in [-0.2, -0.15) is 0 Å². The molecule has 102 valence electrons. The van der Waals surface area contributed by atoms with Gasteiger partial charge in [-0.3, -0.25) is 4.90 Å². The number of hydrogen-bond donors (Lipinski definition) is 1. The van der Waals surface area contributed by atoms with Crippen LogP contribution < -0.4 is 10.1 Å². The van der Waals surface area contributed by atoms with Gasteiger partial charge >= 0.3 is 0 Å². The van der Waals surface area contributed by atoms with E-state index in [0.717, 1.165) is 38.2 Å². The third-order valence-electron chi connectivity index (χ3n) is 3.30. The normalized spacial score (nSPS) is 16.8. The third-order valence-corrected chi connectivity index (χ3v) is 3.30. The van der Waals surface area contributed by atoms with Crippen LogP contribution in [0.5, 0.6) is 5.88 Å². The highest BCUT2D eigenvalue weighted by Crippen LogP contribution is 2.17. The average Bonchev–Trinajstić information content (AvgIpc) is 2.44. The van der Waals surface area contributed by atoms with Gasteiger partial charge in [0.1, 0.15) is 0 Å². The predicted octanol–water partition coefficient (Wildman–Crippen LogP) is 1.99. The molecule has 4 nitrogen and oxygen atoms in total. The first-order valence-electron chi connectivity index (χ1n) is 6.83. The Morgan fingerprint density at radius 3 is 2.84 bits per heavy atom. The van der Waals surface area contributed by atoms with E-state index in [9.17, 15) is 0 Å². The molecule has 0 spiro atoms. The van der Waals surface area contributed by atoms with Crippen molar-refractivity contribution in [3.63, 3.8) is 0 Å². The third kappa shape index (κ3) is 4.15. The minimum atomic E-state index is 0.508. The zero-order valence-electron chi connectivity index (χ0n) is 11.4. The van der Waals surface area contributed by atoms with Gasteiger partial charge in [0, 0.05) is 25.2 Å². The molecule has 19 heavy (non-hydrogen) atoms. The second kappa shape index (κ2) is 7.01. The van der Waals surface area contributed by atoms with Crippen LogP contribution in [0.2, 0.25) is 0 Å². The highest BCUT2D eigenvalue weighted by Gasteiger charge is 2.18. The maximum atomic E-state index is 5.33. The lowest BCUT2D eigenvalue weighted by Gasteiger charge is -2.31. The van der Waals surface area contributed by atoms with Crippen molar-refractivity contribution < 1.29 is 4.74 Å². The first-order chi connectivity index (χ1) is 9.31. The molecule has 2 heterocycles. The van der Waals surface area contributed by atoms with Gasteiger partial charge in [0.25, 0.3) is 0 Å². The first-order valence-corrected chi connectivity index (χ1v) is 6.83. The lowest BCUT2D eigenvalue weighted by molar-refractivity contribution is 0.243. The summed E-state index contributed by atoms with van der Waals surface area (Å²) in [5.41, 5.74) is 1.05. The number of rotatable bonds is 5.